The molecule has 0 radical (unpaired) electrons. The van der Waals surface area contributed by atoms with Crippen LogP contribution in [-0.4, -0.2) is 10.1 Å². The second-order valence-corrected chi connectivity index (χ2v) is 7.30. The molecule has 17 heavy (non-hydrogen) atoms. The largest absolute Gasteiger partial charge is 0.384 e. The summed E-state index contributed by atoms with van der Waals surface area (Å²) in [6.07, 6.45) is 5.56. The molecule has 0 spiro atoms. The number of aliphatic hydroxyl groups is 1. The first-order valence-corrected chi connectivity index (χ1v) is 7.07. The molecular weight excluding hydrogens is 232 g/mol. The Morgan fingerprint density at radius 3 is 2.41 bits per heavy atom. The molecule has 3 nitrogen and oxygen atoms in total. The number of hydrogen-bond acceptors (Lipinski definition) is 4. The highest BCUT2D eigenvalue weighted by Gasteiger charge is 2.39. The molecule has 0 amide bonds. The summed E-state index contributed by atoms with van der Waals surface area (Å²) in [5, 5.41) is 11.2. The second kappa shape index (κ2) is 4.25. The van der Waals surface area contributed by atoms with Crippen molar-refractivity contribution in [3.63, 3.8) is 0 Å². The predicted molar refractivity (Wildman–Crippen MR) is 71.8 cm³/mol. The first kappa shape index (κ1) is 12.8. The lowest BCUT2D eigenvalue weighted by Gasteiger charge is -2.40. The van der Waals surface area contributed by atoms with Crippen molar-refractivity contribution < 1.29 is 5.11 Å². The molecule has 1 fully saturated rings. The van der Waals surface area contributed by atoms with E-state index in [1.807, 2.05) is 0 Å². The van der Waals surface area contributed by atoms with Crippen LogP contribution in [-0.2, 0) is 5.60 Å². The van der Waals surface area contributed by atoms with Crippen LogP contribution >= 0.6 is 11.3 Å². The Kier molecular flexibility index (Phi) is 3.21. The van der Waals surface area contributed by atoms with Gasteiger partial charge in [0.25, 0.3) is 0 Å². The fourth-order valence-corrected chi connectivity index (χ4v) is 3.54. The maximum absolute atomic E-state index is 10.7. The topological polar surface area (TPSA) is 59.1 Å². The van der Waals surface area contributed by atoms with Gasteiger partial charge in [0.1, 0.15) is 5.60 Å². The van der Waals surface area contributed by atoms with Gasteiger partial charge >= 0.3 is 0 Å². The molecule has 96 valence electrons. The van der Waals surface area contributed by atoms with Crippen molar-refractivity contribution in [3.05, 3.63) is 11.1 Å². The number of nitrogens with zero attached hydrogens (tertiary/aromatic N) is 1. The van der Waals surface area contributed by atoms with E-state index in [1.54, 1.807) is 6.20 Å². The molecule has 2 rings (SSSR count). The lowest BCUT2D eigenvalue weighted by Crippen LogP contribution is -2.34. The van der Waals surface area contributed by atoms with E-state index in [0.29, 0.717) is 16.5 Å². The van der Waals surface area contributed by atoms with Crippen molar-refractivity contribution in [2.45, 2.75) is 52.1 Å². The molecule has 0 atom stereocenters. The molecular formula is C13H22N2OS. The number of aromatic nitrogens is 1. The number of thiazole rings is 1. The van der Waals surface area contributed by atoms with Crippen molar-refractivity contribution in [2.24, 2.45) is 11.3 Å². The molecule has 1 aliphatic carbocycles. The van der Waals surface area contributed by atoms with Crippen molar-refractivity contribution in [3.8, 4) is 0 Å². The van der Waals surface area contributed by atoms with Crippen LogP contribution < -0.4 is 5.73 Å². The Morgan fingerprint density at radius 1 is 1.41 bits per heavy atom. The van der Waals surface area contributed by atoms with Crippen LogP contribution in [0.15, 0.2) is 6.20 Å². The Hall–Kier alpha value is -0.610. The van der Waals surface area contributed by atoms with E-state index >= 15 is 0 Å². The highest BCUT2D eigenvalue weighted by molar-refractivity contribution is 7.15. The van der Waals surface area contributed by atoms with E-state index in [-0.39, 0.29) is 0 Å². The number of anilines is 1. The Balaban J connectivity index is 2.07. The van der Waals surface area contributed by atoms with Gasteiger partial charge in [-0.25, -0.2) is 4.98 Å². The van der Waals surface area contributed by atoms with Gasteiger partial charge in [-0.15, -0.1) is 0 Å². The van der Waals surface area contributed by atoms with Gasteiger partial charge < -0.3 is 10.8 Å². The van der Waals surface area contributed by atoms with E-state index in [0.717, 1.165) is 30.6 Å². The average Bonchev–Trinajstić information content (AvgIpc) is 2.65. The lowest BCUT2D eigenvalue weighted by molar-refractivity contribution is -0.0270. The molecule has 0 aliphatic heterocycles. The Bertz CT molecular complexity index is 386. The van der Waals surface area contributed by atoms with E-state index in [4.69, 9.17) is 5.73 Å². The highest BCUT2D eigenvalue weighted by Crippen LogP contribution is 2.46. The minimum Gasteiger partial charge on any atom is -0.384 e. The summed E-state index contributed by atoms with van der Waals surface area (Å²) in [6, 6.07) is 0. The summed E-state index contributed by atoms with van der Waals surface area (Å²) in [5.41, 5.74) is 5.29. The molecule has 0 aromatic carbocycles. The summed E-state index contributed by atoms with van der Waals surface area (Å²) < 4.78 is 0. The van der Waals surface area contributed by atoms with Gasteiger partial charge in [0.15, 0.2) is 5.13 Å². The number of nitrogens with two attached hydrogens (primary N) is 1. The third-order valence-electron chi connectivity index (χ3n) is 4.02. The van der Waals surface area contributed by atoms with Gasteiger partial charge in [0, 0.05) is 6.20 Å². The predicted octanol–water partition coefficient (Wildman–Crippen LogP) is 3.15. The van der Waals surface area contributed by atoms with Crippen LogP contribution in [0.3, 0.4) is 0 Å². The summed E-state index contributed by atoms with van der Waals surface area (Å²) in [7, 11) is 0. The van der Waals surface area contributed by atoms with E-state index in [9.17, 15) is 5.11 Å². The standard InChI is InChI=1S/C13H22N2OS/c1-12(2,3)9-4-6-13(16,7-5-9)10-8-15-11(14)17-10/h8-9,16H,4-7H2,1-3H3,(H2,14,15). The molecule has 4 heteroatoms. The highest BCUT2D eigenvalue weighted by atomic mass is 32.1. The zero-order chi connectivity index (χ0) is 12.7. The van der Waals surface area contributed by atoms with Crippen LogP contribution in [0.25, 0.3) is 0 Å². The molecule has 1 saturated carbocycles. The molecule has 1 aromatic rings. The van der Waals surface area contributed by atoms with Crippen LogP contribution in [0.1, 0.15) is 51.3 Å². The zero-order valence-corrected chi connectivity index (χ0v) is 11.7. The van der Waals surface area contributed by atoms with Crippen molar-refractivity contribution in [2.75, 3.05) is 5.73 Å². The van der Waals surface area contributed by atoms with Crippen molar-refractivity contribution >= 4 is 16.5 Å². The Morgan fingerprint density at radius 2 is 2.00 bits per heavy atom. The summed E-state index contributed by atoms with van der Waals surface area (Å²) >= 11 is 1.42. The van der Waals surface area contributed by atoms with Crippen LogP contribution in [0.4, 0.5) is 5.13 Å². The Labute approximate surface area is 107 Å². The van der Waals surface area contributed by atoms with E-state index in [1.165, 1.54) is 11.3 Å². The van der Waals surface area contributed by atoms with E-state index < -0.39 is 5.60 Å². The SMILES string of the molecule is CC(C)(C)C1CCC(O)(c2cnc(N)s2)CC1. The third-order valence-corrected chi connectivity index (χ3v) is 5.04. The van der Waals surface area contributed by atoms with Crippen LogP contribution in [0, 0.1) is 11.3 Å². The molecule has 0 bridgehead atoms. The monoisotopic (exact) mass is 254 g/mol. The number of rotatable bonds is 1. The van der Waals surface area contributed by atoms with E-state index in [2.05, 4.69) is 25.8 Å². The van der Waals surface area contributed by atoms with Gasteiger partial charge in [-0.2, -0.15) is 0 Å². The van der Waals surface area contributed by atoms with Crippen molar-refractivity contribution in [1.82, 2.24) is 4.98 Å². The third kappa shape index (κ3) is 2.63. The van der Waals surface area contributed by atoms with Gasteiger partial charge in [-0.1, -0.05) is 32.1 Å². The first-order valence-electron chi connectivity index (χ1n) is 6.25. The fourth-order valence-electron chi connectivity index (χ4n) is 2.71. The summed E-state index contributed by atoms with van der Waals surface area (Å²) in [6.45, 7) is 6.85. The van der Waals surface area contributed by atoms with Gasteiger partial charge in [0.2, 0.25) is 0 Å². The molecule has 1 heterocycles. The average molecular weight is 254 g/mol. The molecule has 0 unspecified atom stereocenters. The molecule has 3 N–H and O–H groups in total. The second-order valence-electron chi connectivity index (χ2n) is 6.23. The number of hydrogen-bond donors (Lipinski definition) is 2. The van der Waals surface area contributed by atoms with Crippen molar-refractivity contribution in [1.29, 1.82) is 0 Å². The minimum atomic E-state index is -0.683. The fraction of sp³-hybridized carbons (Fsp3) is 0.769. The van der Waals surface area contributed by atoms with Gasteiger partial charge in [-0.3, -0.25) is 0 Å². The quantitative estimate of drug-likeness (QED) is 0.809. The summed E-state index contributed by atoms with van der Waals surface area (Å²) in [5.74, 6) is 0.702. The maximum atomic E-state index is 10.7. The normalized spacial score (nSPS) is 30.5. The van der Waals surface area contributed by atoms with Gasteiger partial charge in [0.05, 0.1) is 4.88 Å². The van der Waals surface area contributed by atoms with Gasteiger partial charge in [-0.05, 0) is 37.0 Å². The zero-order valence-electron chi connectivity index (χ0n) is 10.9. The summed E-state index contributed by atoms with van der Waals surface area (Å²) in [4.78, 5) is 4.97. The number of nitrogen functional groups attached to an aromatic ring is 1. The van der Waals surface area contributed by atoms with Crippen LogP contribution in [0.5, 0.6) is 0 Å². The van der Waals surface area contributed by atoms with Crippen LogP contribution in [0.2, 0.25) is 0 Å². The lowest BCUT2D eigenvalue weighted by atomic mass is 9.68. The molecule has 1 aliphatic rings. The smallest absolute Gasteiger partial charge is 0.180 e. The molecule has 0 saturated heterocycles. The minimum absolute atomic E-state index is 0.341. The molecule has 1 aromatic heterocycles. The maximum Gasteiger partial charge on any atom is 0.180 e. The first-order chi connectivity index (χ1) is 7.81.